The van der Waals surface area contributed by atoms with Crippen molar-refractivity contribution in [2.45, 2.75) is 83.0 Å². The molecular formula is C16H29N3O3. The van der Waals surface area contributed by atoms with E-state index >= 15 is 0 Å². The van der Waals surface area contributed by atoms with Crippen molar-refractivity contribution in [3.8, 4) is 0 Å². The molecular weight excluding hydrogens is 282 g/mol. The van der Waals surface area contributed by atoms with E-state index in [1.54, 1.807) is 0 Å². The van der Waals surface area contributed by atoms with E-state index in [-0.39, 0.29) is 24.1 Å². The van der Waals surface area contributed by atoms with E-state index in [1.807, 2.05) is 20.8 Å². The topological polar surface area (TPSA) is 79.5 Å². The van der Waals surface area contributed by atoms with E-state index in [0.717, 1.165) is 45.1 Å². The molecule has 0 aromatic carbocycles. The molecule has 1 atom stereocenters. The van der Waals surface area contributed by atoms with Gasteiger partial charge in [0.05, 0.1) is 6.04 Å². The first kappa shape index (κ1) is 17.1. The highest BCUT2D eigenvalue weighted by Crippen LogP contribution is 2.20. The molecule has 0 aromatic rings. The monoisotopic (exact) mass is 311 g/mol. The Morgan fingerprint density at radius 2 is 1.77 bits per heavy atom. The van der Waals surface area contributed by atoms with Crippen LogP contribution in [0.5, 0.6) is 0 Å². The third kappa shape index (κ3) is 5.48. The summed E-state index contributed by atoms with van der Waals surface area (Å²) < 4.78 is 5.28. The van der Waals surface area contributed by atoms with Crippen LogP contribution >= 0.6 is 0 Å². The van der Waals surface area contributed by atoms with Gasteiger partial charge in [0.25, 0.3) is 0 Å². The Balaban J connectivity index is 1.69. The largest absolute Gasteiger partial charge is 0.444 e. The number of carbonyl (C=O) groups excluding carboxylic acids is 2. The predicted octanol–water partition coefficient (Wildman–Crippen LogP) is 1.69. The average molecular weight is 311 g/mol. The fourth-order valence-corrected chi connectivity index (χ4v) is 3.09. The summed E-state index contributed by atoms with van der Waals surface area (Å²) in [5.74, 6) is 0.125. The van der Waals surface area contributed by atoms with Gasteiger partial charge in [-0.1, -0.05) is 0 Å². The summed E-state index contributed by atoms with van der Waals surface area (Å²) in [6.07, 6.45) is 5.42. The molecule has 0 aromatic heterocycles. The van der Waals surface area contributed by atoms with Crippen molar-refractivity contribution in [2.75, 3.05) is 6.54 Å². The second-order valence-electron chi connectivity index (χ2n) is 7.35. The Labute approximate surface area is 132 Å². The van der Waals surface area contributed by atoms with E-state index < -0.39 is 5.60 Å². The number of ether oxygens (including phenoxy) is 1. The van der Waals surface area contributed by atoms with Crippen molar-refractivity contribution in [2.24, 2.45) is 0 Å². The zero-order valence-corrected chi connectivity index (χ0v) is 13.9. The molecule has 2 amide bonds. The van der Waals surface area contributed by atoms with Crippen LogP contribution in [0.1, 0.15) is 59.3 Å². The van der Waals surface area contributed by atoms with Crippen molar-refractivity contribution >= 4 is 12.0 Å². The first-order valence-corrected chi connectivity index (χ1v) is 8.37. The molecule has 6 nitrogen and oxygen atoms in total. The lowest BCUT2D eigenvalue weighted by molar-refractivity contribution is -0.124. The lowest BCUT2D eigenvalue weighted by Gasteiger charge is -2.33. The van der Waals surface area contributed by atoms with Gasteiger partial charge in [0.2, 0.25) is 5.91 Å². The number of hydrogen-bond acceptors (Lipinski definition) is 4. The van der Waals surface area contributed by atoms with Crippen LogP contribution in [-0.4, -0.2) is 42.3 Å². The molecule has 126 valence electrons. The molecule has 0 bridgehead atoms. The smallest absolute Gasteiger partial charge is 0.407 e. The minimum Gasteiger partial charge on any atom is -0.444 e. The van der Waals surface area contributed by atoms with E-state index in [2.05, 4.69) is 16.0 Å². The second-order valence-corrected chi connectivity index (χ2v) is 7.35. The molecule has 0 radical (unpaired) electrons. The van der Waals surface area contributed by atoms with Gasteiger partial charge in [0.1, 0.15) is 5.60 Å². The molecule has 0 spiro atoms. The maximum absolute atomic E-state index is 11.8. The zero-order chi connectivity index (χ0) is 16.2. The van der Waals surface area contributed by atoms with Gasteiger partial charge in [0, 0.05) is 18.6 Å². The van der Waals surface area contributed by atoms with E-state index in [4.69, 9.17) is 4.74 Å². The first-order chi connectivity index (χ1) is 10.3. The fraction of sp³-hybridized carbons (Fsp3) is 0.875. The van der Waals surface area contributed by atoms with Crippen molar-refractivity contribution in [3.05, 3.63) is 0 Å². The van der Waals surface area contributed by atoms with Gasteiger partial charge in [-0.05, 0) is 59.3 Å². The van der Waals surface area contributed by atoms with Crippen LogP contribution in [0.3, 0.4) is 0 Å². The predicted molar refractivity (Wildman–Crippen MR) is 84.6 cm³/mol. The van der Waals surface area contributed by atoms with Gasteiger partial charge >= 0.3 is 6.09 Å². The standard InChI is InChI=1S/C16H29N3O3/c1-16(2,3)22-15(21)19-12-8-6-11(7-9-12)18-13-5-4-10-17-14(13)20/h11-13,18H,4-10H2,1-3H3,(H,17,20)(H,19,21). The molecule has 1 aliphatic carbocycles. The number of piperidine rings is 1. The molecule has 1 unspecified atom stereocenters. The number of nitrogens with one attached hydrogen (secondary N) is 3. The van der Waals surface area contributed by atoms with Crippen molar-refractivity contribution in [3.63, 3.8) is 0 Å². The molecule has 2 aliphatic rings. The summed E-state index contributed by atoms with van der Waals surface area (Å²) in [6.45, 7) is 6.39. The summed E-state index contributed by atoms with van der Waals surface area (Å²) >= 11 is 0. The average Bonchev–Trinajstić information content (AvgIpc) is 2.41. The highest BCUT2D eigenvalue weighted by molar-refractivity contribution is 5.82. The maximum Gasteiger partial charge on any atom is 0.407 e. The molecule has 1 saturated carbocycles. The first-order valence-electron chi connectivity index (χ1n) is 8.37. The number of hydrogen-bond donors (Lipinski definition) is 3. The number of rotatable bonds is 3. The van der Waals surface area contributed by atoms with Gasteiger partial charge < -0.3 is 20.7 Å². The summed E-state index contributed by atoms with van der Waals surface area (Å²) in [5, 5.41) is 9.31. The van der Waals surface area contributed by atoms with E-state index in [0.29, 0.717) is 6.04 Å². The molecule has 2 rings (SSSR count). The Morgan fingerprint density at radius 3 is 2.36 bits per heavy atom. The minimum atomic E-state index is -0.461. The van der Waals surface area contributed by atoms with Crippen LogP contribution < -0.4 is 16.0 Å². The van der Waals surface area contributed by atoms with Crippen LogP contribution in [0, 0.1) is 0 Å². The Hall–Kier alpha value is -1.30. The Kier molecular flexibility index (Phi) is 5.67. The van der Waals surface area contributed by atoms with E-state index in [1.165, 1.54) is 0 Å². The highest BCUT2D eigenvalue weighted by Gasteiger charge is 2.28. The molecule has 1 aliphatic heterocycles. The van der Waals surface area contributed by atoms with Crippen LogP contribution in [0.25, 0.3) is 0 Å². The van der Waals surface area contributed by atoms with Crippen molar-refractivity contribution < 1.29 is 14.3 Å². The van der Waals surface area contributed by atoms with Gasteiger partial charge in [-0.15, -0.1) is 0 Å². The Bertz CT molecular complexity index is 398. The minimum absolute atomic E-state index is 0.0471. The number of carbonyl (C=O) groups is 2. The molecule has 1 heterocycles. The lowest BCUT2D eigenvalue weighted by Crippen LogP contribution is -2.53. The van der Waals surface area contributed by atoms with E-state index in [9.17, 15) is 9.59 Å². The van der Waals surface area contributed by atoms with Crippen LogP contribution in [0.2, 0.25) is 0 Å². The molecule has 1 saturated heterocycles. The molecule has 6 heteroatoms. The quantitative estimate of drug-likeness (QED) is 0.741. The van der Waals surface area contributed by atoms with Gasteiger partial charge in [-0.3, -0.25) is 4.79 Å². The van der Waals surface area contributed by atoms with Crippen molar-refractivity contribution in [1.82, 2.24) is 16.0 Å². The lowest BCUT2D eigenvalue weighted by atomic mass is 9.90. The van der Waals surface area contributed by atoms with Crippen LogP contribution in [-0.2, 0) is 9.53 Å². The SMILES string of the molecule is CC(C)(C)OC(=O)NC1CCC(NC2CCCNC2=O)CC1. The third-order valence-corrected chi connectivity index (χ3v) is 4.17. The normalized spacial score (nSPS) is 29.6. The molecule has 22 heavy (non-hydrogen) atoms. The van der Waals surface area contributed by atoms with Gasteiger partial charge in [-0.2, -0.15) is 0 Å². The van der Waals surface area contributed by atoms with Gasteiger partial charge in [0.15, 0.2) is 0 Å². The zero-order valence-electron chi connectivity index (χ0n) is 13.9. The highest BCUT2D eigenvalue weighted by atomic mass is 16.6. The summed E-state index contributed by atoms with van der Waals surface area (Å²) in [4.78, 5) is 23.5. The maximum atomic E-state index is 11.8. The molecule has 2 fully saturated rings. The third-order valence-electron chi connectivity index (χ3n) is 4.17. The summed E-state index contributed by atoms with van der Waals surface area (Å²) in [7, 11) is 0. The summed E-state index contributed by atoms with van der Waals surface area (Å²) in [5.41, 5.74) is -0.461. The Morgan fingerprint density at radius 1 is 1.14 bits per heavy atom. The second kappa shape index (κ2) is 7.31. The van der Waals surface area contributed by atoms with Crippen molar-refractivity contribution in [1.29, 1.82) is 0 Å². The van der Waals surface area contributed by atoms with Gasteiger partial charge in [-0.25, -0.2) is 4.79 Å². The fourth-order valence-electron chi connectivity index (χ4n) is 3.09. The number of alkyl carbamates (subject to hydrolysis) is 1. The molecule has 3 N–H and O–H groups in total. The number of amides is 2. The van der Waals surface area contributed by atoms with Crippen LogP contribution in [0.15, 0.2) is 0 Å². The van der Waals surface area contributed by atoms with Crippen LogP contribution in [0.4, 0.5) is 4.79 Å². The summed E-state index contributed by atoms with van der Waals surface area (Å²) in [6, 6.07) is 0.493.